The van der Waals surface area contributed by atoms with Crippen LogP contribution in [0, 0.1) is 12.7 Å². The number of aryl methyl sites for hydroxylation is 1. The van der Waals surface area contributed by atoms with E-state index in [2.05, 4.69) is 5.32 Å². The lowest BCUT2D eigenvalue weighted by molar-refractivity contribution is 0.102. The Labute approximate surface area is 109 Å². The van der Waals surface area contributed by atoms with Crippen molar-refractivity contribution >= 4 is 23.2 Å². The average molecular weight is 264 g/mol. The normalized spacial score (nSPS) is 10.2. The molecule has 0 radical (unpaired) electrons. The molecule has 92 valence electrons. The van der Waals surface area contributed by atoms with Gasteiger partial charge in [-0.25, -0.2) is 4.39 Å². The molecule has 1 N–H and O–H groups in total. The van der Waals surface area contributed by atoms with E-state index in [4.69, 9.17) is 11.6 Å². The number of halogens is 2. The Morgan fingerprint density at radius 2 is 2.00 bits per heavy atom. The zero-order valence-electron chi connectivity index (χ0n) is 9.71. The molecule has 2 rings (SSSR count). The van der Waals surface area contributed by atoms with Crippen molar-refractivity contribution in [2.45, 2.75) is 6.92 Å². The lowest BCUT2D eigenvalue weighted by Gasteiger charge is -2.07. The number of carbonyl (C=O) groups excluding carboxylic acids is 1. The minimum Gasteiger partial charge on any atom is -0.322 e. The Kier molecular flexibility index (Phi) is 3.63. The van der Waals surface area contributed by atoms with E-state index in [1.54, 1.807) is 6.07 Å². The number of hydrogen-bond acceptors (Lipinski definition) is 1. The predicted octanol–water partition coefficient (Wildman–Crippen LogP) is 4.04. The van der Waals surface area contributed by atoms with E-state index in [-0.39, 0.29) is 10.6 Å². The van der Waals surface area contributed by atoms with E-state index in [0.29, 0.717) is 5.69 Å². The monoisotopic (exact) mass is 263 g/mol. The molecule has 18 heavy (non-hydrogen) atoms. The molecular formula is C14H11ClFNO. The van der Waals surface area contributed by atoms with Gasteiger partial charge >= 0.3 is 0 Å². The molecule has 4 heteroatoms. The Hall–Kier alpha value is -1.87. The molecular weight excluding hydrogens is 253 g/mol. The number of hydrogen-bond donors (Lipinski definition) is 1. The molecule has 0 spiro atoms. The van der Waals surface area contributed by atoms with E-state index >= 15 is 0 Å². The predicted molar refractivity (Wildman–Crippen MR) is 70.5 cm³/mol. The lowest BCUT2D eigenvalue weighted by atomic mass is 10.2. The highest BCUT2D eigenvalue weighted by atomic mass is 35.5. The van der Waals surface area contributed by atoms with Crippen LogP contribution in [0.15, 0.2) is 42.5 Å². The Morgan fingerprint density at radius 3 is 2.67 bits per heavy atom. The highest BCUT2D eigenvalue weighted by Gasteiger charge is 2.12. The molecule has 0 aliphatic carbocycles. The van der Waals surface area contributed by atoms with Crippen molar-refractivity contribution in [3.8, 4) is 0 Å². The summed E-state index contributed by atoms with van der Waals surface area (Å²) < 4.78 is 13.5. The van der Waals surface area contributed by atoms with Crippen LogP contribution in [-0.2, 0) is 0 Å². The summed E-state index contributed by atoms with van der Waals surface area (Å²) in [5.74, 6) is -1.12. The third-order valence-corrected chi connectivity index (χ3v) is 2.69. The smallest absolute Gasteiger partial charge is 0.258 e. The van der Waals surface area contributed by atoms with Crippen molar-refractivity contribution in [1.29, 1.82) is 0 Å². The molecule has 2 nitrogen and oxygen atoms in total. The quantitative estimate of drug-likeness (QED) is 0.870. The van der Waals surface area contributed by atoms with Crippen LogP contribution >= 0.6 is 11.6 Å². The van der Waals surface area contributed by atoms with Crippen LogP contribution < -0.4 is 5.32 Å². The minimum atomic E-state index is -0.632. The van der Waals surface area contributed by atoms with Gasteiger partial charge in [-0.2, -0.15) is 0 Å². The first-order chi connectivity index (χ1) is 8.56. The molecule has 1 amide bonds. The zero-order valence-corrected chi connectivity index (χ0v) is 10.5. The second-order valence-corrected chi connectivity index (χ2v) is 4.38. The molecule has 0 aromatic heterocycles. The molecule has 0 atom stereocenters. The van der Waals surface area contributed by atoms with Crippen LogP contribution in [0.5, 0.6) is 0 Å². The molecule has 2 aromatic carbocycles. The van der Waals surface area contributed by atoms with E-state index in [0.717, 1.165) is 11.6 Å². The summed E-state index contributed by atoms with van der Waals surface area (Å²) in [6.07, 6.45) is 0. The maximum Gasteiger partial charge on any atom is 0.258 e. The Morgan fingerprint density at radius 1 is 1.22 bits per heavy atom. The second-order valence-electron chi connectivity index (χ2n) is 3.95. The van der Waals surface area contributed by atoms with Crippen molar-refractivity contribution in [3.05, 3.63) is 64.4 Å². The first kappa shape index (κ1) is 12.6. The average Bonchev–Trinajstić information content (AvgIpc) is 2.28. The maximum atomic E-state index is 13.5. The fourth-order valence-corrected chi connectivity index (χ4v) is 1.75. The van der Waals surface area contributed by atoms with Gasteiger partial charge in [-0.15, -0.1) is 0 Å². The molecule has 2 aromatic rings. The standard InChI is InChI=1S/C14H11ClFNO/c1-9-3-2-4-11(7-9)17-14(18)12-6-5-10(15)8-13(12)16/h2-8H,1H3,(H,17,18). The first-order valence-electron chi connectivity index (χ1n) is 5.39. The number of rotatable bonds is 2. The molecule has 0 bridgehead atoms. The van der Waals surface area contributed by atoms with Crippen LogP contribution in [0.2, 0.25) is 5.02 Å². The highest BCUT2D eigenvalue weighted by molar-refractivity contribution is 6.30. The van der Waals surface area contributed by atoms with E-state index in [1.807, 2.05) is 25.1 Å². The highest BCUT2D eigenvalue weighted by Crippen LogP contribution is 2.17. The van der Waals surface area contributed by atoms with Gasteiger partial charge in [0.05, 0.1) is 5.56 Å². The van der Waals surface area contributed by atoms with Crippen molar-refractivity contribution < 1.29 is 9.18 Å². The van der Waals surface area contributed by atoms with Crippen LogP contribution in [0.25, 0.3) is 0 Å². The largest absolute Gasteiger partial charge is 0.322 e. The van der Waals surface area contributed by atoms with Crippen LogP contribution in [0.1, 0.15) is 15.9 Å². The lowest BCUT2D eigenvalue weighted by Crippen LogP contribution is -2.13. The van der Waals surface area contributed by atoms with Gasteiger partial charge in [0, 0.05) is 10.7 Å². The number of amides is 1. The van der Waals surface area contributed by atoms with Crippen LogP contribution in [0.4, 0.5) is 10.1 Å². The van der Waals surface area contributed by atoms with Gasteiger partial charge in [-0.3, -0.25) is 4.79 Å². The first-order valence-corrected chi connectivity index (χ1v) is 5.77. The fraction of sp³-hybridized carbons (Fsp3) is 0.0714. The van der Waals surface area contributed by atoms with Gasteiger partial charge in [0.2, 0.25) is 0 Å². The molecule has 0 saturated heterocycles. The van der Waals surface area contributed by atoms with Gasteiger partial charge in [-0.05, 0) is 42.8 Å². The van der Waals surface area contributed by atoms with Gasteiger partial charge in [0.1, 0.15) is 5.82 Å². The zero-order chi connectivity index (χ0) is 13.1. The summed E-state index contributed by atoms with van der Waals surface area (Å²) in [6, 6.07) is 11.3. The molecule has 0 heterocycles. The summed E-state index contributed by atoms with van der Waals surface area (Å²) in [5, 5.41) is 2.90. The molecule has 0 fully saturated rings. The van der Waals surface area contributed by atoms with Gasteiger partial charge in [-0.1, -0.05) is 23.7 Å². The van der Waals surface area contributed by atoms with E-state index in [1.165, 1.54) is 12.1 Å². The third kappa shape index (κ3) is 2.87. The number of carbonyl (C=O) groups is 1. The molecule has 0 aliphatic rings. The summed E-state index contributed by atoms with van der Waals surface area (Å²) in [6.45, 7) is 1.92. The van der Waals surface area contributed by atoms with Gasteiger partial charge in [0.15, 0.2) is 0 Å². The maximum absolute atomic E-state index is 13.5. The minimum absolute atomic E-state index is 0.0269. The third-order valence-electron chi connectivity index (χ3n) is 2.45. The number of nitrogens with one attached hydrogen (secondary N) is 1. The van der Waals surface area contributed by atoms with Crippen molar-refractivity contribution in [2.24, 2.45) is 0 Å². The van der Waals surface area contributed by atoms with Crippen LogP contribution in [-0.4, -0.2) is 5.91 Å². The van der Waals surface area contributed by atoms with Crippen molar-refractivity contribution in [3.63, 3.8) is 0 Å². The van der Waals surface area contributed by atoms with Gasteiger partial charge < -0.3 is 5.32 Å². The Balaban J connectivity index is 2.22. The molecule has 0 saturated carbocycles. The fourth-order valence-electron chi connectivity index (χ4n) is 1.59. The number of anilines is 1. The SMILES string of the molecule is Cc1cccc(NC(=O)c2ccc(Cl)cc2F)c1. The van der Waals surface area contributed by atoms with E-state index < -0.39 is 11.7 Å². The molecule has 0 aliphatic heterocycles. The summed E-state index contributed by atoms with van der Waals surface area (Å²) in [4.78, 5) is 11.9. The van der Waals surface area contributed by atoms with Crippen LogP contribution in [0.3, 0.4) is 0 Å². The summed E-state index contributed by atoms with van der Waals surface area (Å²) in [5.41, 5.74) is 1.62. The number of benzene rings is 2. The Bertz CT molecular complexity index is 598. The van der Waals surface area contributed by atoms with Crippen molar-refractivity contribution in [1.82, 2.24) is 0 Å². The van der Waals surface area contributed by atoms with E-state index in [9.17, 15) is 9.18 Å². The van der Waals surface area contributed by atoms with Crippen molar-refractivity contribution in [2.75, 3.05) is 5.32 Å². The topological polar surface area (TPSA) is 29.1 Å². The summed E-state index contributed by atoms with van der Waals surface area (Å²) in [7, 11) is 0. The summed E-state index contributed by atoms with van der Waals surface area (Å²) >= 11 is 5.63. The molecule has 0 unspecified atom stereocenters. The second kappa shape index (κ2) is 5.19. The van der Waals surface area contributed by atoms with Gasteiger partial charge in [0.25, 0.3) is 5.91 Å².